The first kappa shape index (κ1) is 14.9. The summed E-state index contributed by atoms with van der Waals surface area (Å²) in [4.78, 5) is 5.08. The second-order valence-corrected chi connectivity index (χ2v) is 6.54. The number of nitrogens with two attached hydrogens (primary N) is 1. The predicted octanol–water partition coefficient (Wildman–Crippen LogP) is 2.38. The largest absolute Gasteiger partial charge is 0.326 e. The van der Waals surface area contributed by atoms with Gasteiger partial charge in [0.25, 0.3) is 0 Å². The van der Waals surface area contributed by atoms with Crippen LogP contribution >= 0.6 is 0 Å². The van der Waals surface area contributed by atoms with E-state index >= 15 is 0 Å². The lowest BCUT2D eigenvalue weighted by Crippen LogP contribution is -2.57. The molecule has 2 aliphatic rings. The first-order valence-corrected chi connectivity index (χ1v) is 8.14. The summed E-state index contributed by atoms with van der Waals surface area (Å²) >= 11 is 0. The van der Waals surface area contributed by atoms with Crippen LogP contribution in [0.25, 0.3) is 0 Å². The third-order valence-corrected chi connectivity index (χ3v) is 4.95. The number of rotatable bonds is 3. The Bertz CT molecular complexity index is 477. The molecule has 0 aliphatic carbocycles. The Morgan fingerprint density at radius 1 is 1.24 bits per heavy atom. The first-order valence-electron chi connectivity index (χ1n) is 8.14. The van der Waals surface area contributed by atoms with Gasteiger partial charge in [0.05, 0.1) is 0 Å². The van der Waals surface area contributed by atoms with Crippen LogP contribution < -0.4 is 5.73 Å². The maximum atomic E-state index is 13.6. The molecule has 0 saturated carbocycles. The van der Waals surface area contributed by atoms with Gasteiger partial charge in [0.15, 0.2) is 0 Å². The molecule has 2 N–H and O–H groups in total. The molecule has 2 aliphatic heterocycles. The van der Waals surface area contributed by atoms with Crippen LogP contribution in [0, 0.1) is 5.82 Å². The van der Waals surface area contributed by atoms with Crippen molar-refractivity contribution in [2.24, 2.45) is 5.73 Å². The van der Waals surface area contributed by atoms with Gasteiger partial charge < -0.3 is 5.73 Å². The van der Waals surface area contributed by atoms with E-state index in [0.29, 0.717) is 6.04 Å². The highest BCUT2D eigenvalue weighted by molar-refractivity contribution is 5.22. The van der Waals surface area contributed by atoms with Crippen molar-refractivity contribution in [2.45, 2.75) is 44.3 Å². The number of hydrogen-bond acceptors (Lipinski definition) is 3. The fourth-order valence-electron chi connectivity index (χ4n) is 3.97. The van der Waals surface area contributed by atoms with Crippen LogP contribution in [0.3, 0.4) is 0 Å². The van der Waals surface area contributed by atoms with Gasteiger partial charge in [-0.15, -0.1) is 0 Å². The van der Waals surface area contributed by atoms with E-state index in [0.717, 1.165) is 25.2 Å². The molecule has 2 fully saturated rings. The van der Waals surface area contributed by atoms with Crippen molar-refractivity contribution in [3.8, 4) is 0 Å². The van der Waals surface area contributed by atoms with E-state index in [4.69, 9.17) is 5.73 Å². The standard InChI is InChI=1S/C17H26FN3/c1-13(19)17(14-5-4-6-15(18)11-14)21-10-9-20-8-3-2-7-16(20)12-21/h4-6,11,13,16-17H,2-3,7-10,12,19H2,1H3. The van der Waals surface area contributed by atoms with E-state index < -0.39 is 0 Å². The number of nitrogens with zero attached hydrogens (tertiary/aromatic N) is 2. The predicted molar refractivity (Wildman–Crippen MR) is 83.6 cm³/mol. The van der Waals surface area contributed by atoms with Crippen LogP contribution in [-0.2, 0) is 0 Å². The van der Waals surface area contributed by atoms with Gasteiger partial charge in [0.1, 0.15) is 5.82 Å². The summed E-state index contributed by atoms with van der Waals surface area (Å²) in [6, 6.07) is 7.71. The van der Waals surface area contributed by atoms with E-state index in [-0.39, 0.29) is 17.9 Å². The quantitative estimate of drug-likeness (QED) is 0.928. The molecule has 1 aromatic carbocycles. The SMILES string of the molecule is CC(N)C(c1cccc(F)c1)N1CCN2CCCCC2C1. The average molecular weight is 291 g/mol. The molecule has 0 spiro atoms. The molecule has 0 radical (unpaired) electrons. The molecule has 2 heterocycles. The van der Waals surface area contributed by atoms with Gasteiger partial charge in [-0.05, 0) is 44.0 Å². The number of piperazine rings is 1. The number of piperidine rings is 1. The van der Waals surface area contributed by atoms with Crippen LogP contribution in [-0.4, -0.2) is 48.1 Å². The maximum Gasteiger partial charge on any atom is 0.123 e. The van der Waals surface area contributed by atoms with E-state index in [2.05, 4.69) is 9.80 Å². The Balaban J connectivity index is 1.78. The number of benzene rings is 1. The van der Waals surface area contributed by atoms with E-state index in [1.54, 1.807) is 12.1 Å². The highest BCUT2D eigenvalue weighted by Gasteiger charge is 2.33. The van der Waals surface area contributed by atoms with Gasteiger partial charge in [0, 0.05) is 37.8 Å². The monoisotopic (exact) mass is 291 g/mol. The van der Waals surface area contributed by atoms with Gasteiger partial charge >= 0.3 is 0 Å². The van der Waals surface area contributed by atoms with Gasteiger partial charge in [-0.3, -0.25) is 9.80 Å². The Kier molecular flexibility index (Phi) is 4.57. The van der Waals surface area contributed by atoms with E-state index in [9.17, 15) is 4.39 Å². The van der Waals surface area contributed by atoms with Crippen LogP contribution in [0.5, 0.6) is 0 Å². The zero-order valence-corrected chi connectivity index (χ0v) is 12.8. The van der Waals surface area contributed by atoms with Gasteiger partial charge in [-0.25, -0.2) is 4.39 Å². The summed E-state index contributed by atoms with van der Waals surface area (Å²) < 4.78 is 13.6. The molecule has 116 valence electrons. The lowest BCUT2D eigenvalue weighted by atomic mass is 9.94. The number of halogens is 1. The Hall–Kier alpha value is -0.970. The molecule has 3 rings (SSSR count). The first-order chi connectivity index (χ1) is 10.1. The molecule has 0 bridgehead atoms. The zero-order valence-electron chi connectivity index (χ0n) is 12.8. The van der Waals surface area contributed by atoms with Gasteiger partial charge in [-0.2, -0.15) is 0 Å². The second kappa shape index (κ2) is 6.42. The molecule has 1 aromatic rings. The van der Waals surface area contributed by atoms with Gasteiger partial charge in [0.2, 0.25) is 0 Å². The normalized spacial score (nSPS) is 27.1. The number of fused-ring (bicyclic) bond motifs is 1. The molecule has 21 heavy (non-hydrogen) atoms. The summed E-state index contributed by atoms with van der Waals surface area (Å²) in [7, 11) is 0. The van der Waals surface area contributed by atoms with Crippen LogP contribution in [0.2, 0.25) is 0 Å². The minimum absolute atomic E-state index is 0.00180. The third kappa shape index (κ3) is 3.28. The van der Waals surface area contributed by atoms with Crippen molar-refractivity contribution in [2.75, 3.05) is 26.2 Å². The molecule has 2 saturated heterocycles. The van der Waals surface area contributed by atoms with Crippen LogP contribution in [0.4, 0.5) is 4.39 Å². The molecule has 3 nitrogen and oxygen atoms in total. The lowest BCUT2D eigenvalue weighted by Gasteiger charge is -2.47. The lowest BCUT2D eigenvalue weighted by molar-refractivity contribution is 0.0219. The molecular weight excluding hydrogens is 265 g/mol. The fraction of sp³-hybridized carbons (Fsp3) is 0.647. The summed E-state index contributed by atoms with van der Waals surface area (Å²) in [5, 5.41) is 0. The topological polar surface area (TPSA) is 32.5 Å². The average Bonchev–Trinajstić information content (AvgIpc) is 2.47. The summed E-state index contributed by atoms with van der Waals surface area (Å²) in [5.41, 5.74) is 7.25. The van der Waals surface area contributed by atoms with Gasteiger partial charge in [-0.1, -0.05) is 18.6 Å². The summed E-state index contributed by atoms with van der Waals surface area (Å²) in [5.74, 6) is -0.172. The molecule has 3 atom stereocenters. The fourth-order valence-corrected chi connectivity index (χ4v) is 3.97. The molecule has 4 heteroatoms. The summed E-state index contributed by atoms with van der Waals surface area (Å²) in [6.07, 6.45) is 3.94. The Morgan fingerprint density at radius 2 is 2.10 bits per heavy atom. The van der Waals surface area contributed by atoms with E-state index in [1.165, 1.54) is 31.9 Å². The zero-order chi connectivity index (χ0) is 14.8. The number of hydrogen-bond donors (Lipinski definition) is 1. The van der Waals surface area contributed by atoms with Crippen molar-refractivity contribution in [1.82, 2.24) is 9.80 Å². The highest BCUT2D eigenvalue weighted by Crippen LogP contribution is 2.29. The minimum Gasteiger partial charge on any atom is -0.326 e. The Labute approximate surface area is 126 Å². The minimum atomic E-state index is -0.172. The maximum absolute atomic E-state index is 13.6. The molecule has 0 aromatic heterocycles. The van der Waals surface area contributed by atoms with Crippen molar-refractivity contribution in [1.29, 1.82) is 0 Å². The van der Waals surface area contributed by atoms with Crippen molar-refractivity contribution < 1.29 is 4.39 Å². The molecule has 0 amide bonds. The van der Waals surface area contributed by atoms with E-state index in [1.807, 2.05) is 13.0 Å². The Morgan fingerprint density at radius 3 is 2.86 bits per heavy atom. The molecule has 3 unspecified atom stereocenters. The van der Waals surface area contributed by atoms with Crippen LogP contribution in [0.1, 0.15) is 37.8 Å². The third-order valence-electron chi connectivity index (χ3n) is 4.95. The summed E-state index contributed by atoms with van der Waals surface area (Å²) in [6.45, 7) is 6.47. The smallest absolute Gasteiger partial charge is 0.123 e. The molecular formula is C17H26FN3. The second-order valence-electron chi connectivity index (χ2n) is 6.54. The van der Waals surface area contributed by atoms with Crippen molar-refractivity contribution in [3.63, 3.8) is 0 Å². The van der Waals surface area contributed by atoms with Crippen LogP contribution in [0.15, 0.2) is 24.3 Å². The highest BCUT2D eigenvalue weighted by atomic mass is 19.1. The van der Waals surface area contributed by atoms with Crippen molar-refractivity contribution in [3.05, 3.63) is 35.6 Å². The van der Waals surface area contributed by atoms with Crippen molar-refractivity contribution >= 4 is 0 Å².